The molecular formula is C29H29N4O5P. The first-order valence-electron chi connectivity index (χ1n) is 12.4. The predicted molar refractivity (Wildman–Crippen MR) is 151 cm³/mol. The second kappa shape index (κ2) is 12.2. The lowest BCUT2D eigenvalue weighted by Crippen LogP contribution is -2.23. The third kappa shape index (κ3) is 6.17. The molecule has 200 valence electrons. The molecule has 1 amide bonds. The van der Waals surface area contributed by atoms with Gasteiger partial charge in [0.15, 0.2) is 0 Å². The van der Waals surface area contributed by atoms with E-state index in [-0.39, 0.29) is 25.9 Å². The average molecular weight is 545 g/mol. The lowest BCUT2D eigenvalue weighted by Gasteiger charge is -2.17. The number of carbonyl (C=O) groups excluding carboxylic acids is 1. The number of pyridine rings is 1. The van der Waals surface area contributed by atoms with E-state index in [0.29, 0.717) is 16.9 Å². The van der Waals surface area contributed by atoms with E-state index in [1.165, 1.54) is 11.0 Å². The number of nitriles is 1. The van der Waals surface area contributed by atoms with Crippen molar-refractivity contribution >= 4 is 30.5 Å². The molecule has 0 bridgehead atoms. The van der Waals surface area contributed by atoms with Gasteiger partial charge < -0.3 is 9.47 Å². The summed E-state index contributed by atoms with van der Waals surface area (Å²) in [6.07, 6.45) is 4.84. The Hall–Kier alpha value is -4.06. The van der Waals surface area contributed by atoms with Crippen molar-refractivity contribution in [1.29, 1.82) is 5.26 Å². The van der Waals surface area contributed by atoms with Crippen LogP contribution in [0.5, 0.6) is 0 Å². The van der Waals surface area contributed by atoms with Crippen LogP contribution in [0.2, 0.25) is 0 Å². The number of fused-ring (bicyclic) bond motifs is 1. The van der Waals surface area contributed by atoms with Gasteiger partial charge in [-0.2, -0.15) is 5.26 Å². The van der Waals surface area contributed by atoms with Crippen LogP contribution in [-0.4, -0.2) is 35.7 Å². The summed E-state index contributed by atoms with van der Waals surface area (Å²) in [6, 6.07) is 19.0. The van der Waals surface area contributed by atoms with Crippen LogP contribution in [0.15, 0.2) is 79.6 Å². The predicted octanol–water partition coefficient (Wildman–Crippen LogP) is 6.55. The summed E-state index contributed by atoms with van der Waals surface area (Å²) in [5.41, 5.74) is 5.16. The number of nitrogens with zero attached hydrogens (tertiary/aromatic N) is 4. The Kier molecular flexibility index (Phi) is 8.75. The third-order valence-corrected chi connectivity index (χ3v) is 7.60. The monoisotopic (exact) mass is 544 g/mol. The van der Waals surface area contributed by atoms with Crippen LogP contribution in [-0.2, 0) is 29.7 Å². The Morgan fingerprint density at radius 2 is 1.79 bits per heavy atom. The molecule has 0 unspecified atom stereocenters. The van der Waals surface area contributed by atoms with E-state index >= 15 is 0 Å². The van der Waals surface area contributed by atoms with Crippen molar-refractivity contribution in [2.24, 2.45) is 0 Å². The Morgan fingerprint density at radius 1 is 1.08 bits per heavy atom. The van der Waals surface area contributed by atoms with Gasteiger partial charge in [0, 0.05) is 41.6 Å². The van der Waals surface area contributed by atoms with Gasteiger partial charge in [-0.25, -0.2) is 9.55 Å². The number of anilines is 1. The molecule has 2 aromatic heterocycles. The Labute approximate surface area is 227 Å². The van der Waals surface area contributed by atoms with Crippen LogP contribution in [0.3, 0.4) is 0 Å². The summed E-state index contributed by atoms with van der Waals surface area (Å²) in [7, 11) is -2.06. The van der Waals surface area contributed by atoms with Crippen LogP contribution in [0.1, 0.15) is 19.4 Å². The van der Waals surface area contributed by atoms with Gasteiger partial charge in [0.2, 0.25) is 5.91 Å². The maximum atomic E-state index is 12.9. The highest BCUT2D eigenvalue weighted by atomic mass is 31.2. The van der Waals surface area contributed by atoms with E-state index in [1.54, 1.807) is 43.8 Å². The first-order valence-corrected chi connectivity index (χ1v) is 13.8. The molecule has 9 nitrogen and oxygen atoms in total. The molecule has 39 heavy (non-hydrogen) atoms. The lowest BCUT2D eigenvalue weighted by atomic mass is 10.0. The van der Waals surface area contributed by atoms with Gasteiger partial charge in [-0.3, -0.25) is 18.4 Å². The summed E-state index contributed by atoms with van der Waals surface area (Å²) in [5.74, 6) is -0.214. The maximum absolute atomic E-state index is 12.9. The number of likely N-dealkylation sites (N-methyl/N-ethyl adjacent to an activating group) is 1. The molecule has 0 atom stereocenters. The van der Waals surface area contributed by atoms with Crippen molar-refractivity contribution in [3.8, 4) is 28.3 Å². The molecule has 0 aliphatic carbocycles. The Balaban J connectivity index is 1.81. The standard InChI is InChI=1S/C29H29N4O5P/c1-5-28(34)32(4)25-13-9-11-22(15-25)24-16-26-27(23-12-8-10-21(14-23)17-30)19-33(29(26)31-18-24)20-38-39(35,36-6-2)37-7-3/h5,8-16,18-19H,1,6-7,20H2,2-4H3. The minimum Gasteiger partial charge on any atom is -0.312 e. The zero-order valence-electron chi connectivity index (χ0n) is 22.0. The molecule has 0 spiro atoms. The van der Waals surface area contributed by atoms with Crippen molar-refractivity contribution in [2.45, 2.75) is 20.6 Å². The van der Waals surface area contributed by atoms with Crippen LogP contribution < -0.4 is 4.90 Å². The number of aromatic nitrogens is 2. The fraction of sp³-hybridized carbons (Fsp3) is 0.207. The van der Waals surface area contributed by atoms with Crippen molar-refractivity contribution in [3.05, 3.63) is 85.2 Å². The van der Waals surface area contributed by atoms with Gasteiger partial charge in [0.05, 0.1) is 24.8 Å². The third-order valence-electron chi connectivity index (χ3n) is 6.02. The summed E-state index contributed by atoms with van der Waals surface area (Å²) in [5, 5.41) is 10.2. The fourth-order valence-electron chi connectivity index (χ4n) is 4.13. The van der Waals surface area contributed by atoms with E-state index in [2.05, 4.69) is 12.6 Å². The highest BCUT2D eigenvalue weighted by molar-refractivity contribution is 7.48. The molecule has 2 aromatic carbocycles. The Bertz CT molecular complexity index is 1600. The van der Waals surface area contributed by atoms with E-state index in [4.69, 9.17) is 18.6 Å². The molecule has 0 aliphatic rings. The van der Waals surface area contributed by atoms with Crippen LogP contribution in [0.25, 0.3) is 33.3 Å². The molecule has 2 heterocycles. The molecule has 4 rings (SSSR count). The van der Waals surface area contributed by atoms with E-state index < -0.39 is 7.82 Å². The number of benzene rings is 2. The number of phosphoric acid groups is 1. The first kappa shape index (κ1) is 28.0. The van der Waals surface area contributed by atoms with E-state index in [9.17, 15) is 14.6 Å². The normalized spacial score (nSPS) is 11.3. The number of carbonyl (C=O) groups is 1. The Morgan fingerprint density at radius 3 is 2.49 bits per heavy atom. The minimum atomic E-state index is -3.75. The average Bonchev–Trinajstić information content (AvgIpc) is 3.33. The molecule has 0 N–H and O–H groups in total. The largest absolute Gasteiger partial charge is 0.476 e. The van der Waals surface area contributed by atoms with E-state index in [1.807, 2.05) is 48.7 Å². The summed E-state index contributed by atoms with van der Waals surface area (Å²) < 4.78 is 30.8. The van der Waals surface area contributed by atoms with Crippen LogP contribution >= 0.6 is 7.82 Å². The SMILES string of the molecule is C=CC(=O)N(C)c1cccc(-c2cnc3c(c2)c(-c2cccc(C#N)c2)cn3COP(=O)(OCC)OCC)c1. The van der Waals surface area contributed by atoms with Crippen molar-refractivity contribution < 1.29 is 22.9 Å². The molecule has 0 fully saturated rings. The number of phosphoric ester groups is 1. The summed E-state index contributed by atoms with van der Waals surface area (Å²) in [6.45, 7) is 7.20. The van der Waals surface area contributed by atoms with E-state index in [0.717, 1.165) is 27.6 Å². The number of hydrogen-bond donors (Lipinski definition) is 0. The smallest absolute Gasteiger partial charge is 0.312 e. The maximum Gasteiger partial charge on any atom is 0.476 e. The quantitative estimate of drug-likeness (QED) is 0.156. The zero-order valence-corrected chi connectivity index (χ0v) is 22.9. The zero-order chi connectivity index (χ0) is 28.0. The van der Waals surface area contributed by atoms with Crippen molar-refractivity contribution in [1.82, 2.24) is 9.55 Å². The van der Waals surface area contributed by atoms with Gasteiger partial charge >= 0.3 is 7.82 Å². The first-order chi connectivity index (χ1) is 18.8. The van der Waals surface area contributed by atoms with Gasteiger partial charge in [0.1, 0.15) is 12.4 Å². The number of amides is 1. The molecule has 0 radical (unpaired) electrons. The fourth-order valence-corrected chi connectivity index (χ4v) is 5.25. The van der Waals surface area contributed by atoms with Gasteiger partial charge in [-0.1, -0.05) is 30.8 Å². The number of rotatable bonds is 11. The molecule has 4 aromatic rings. The minimum absolute atomic E-state index is 0.123. The summed E-state index contributed by atoms with van der Waals surface area (Å²) in [4.78, 5) is 18.4. The van der Waals surface area contributed by atoms with Gasteiger partial charge in [-0.15, -0.1) is 0 Å². The van der Waals surface area contributed by atoms with Crippen molar-refractivity contribution in [3.63, 3.8) is 0 Å². The van der Waals surface area contributed by atoms with Gasteiger partial charge in [-0.05, 0) is 61.4 Å². The second-order valence-corrected chi connectivity index (χ2v) is 10.2. The van der Waals surface area contributed by atoms with Crippen molar-refractivity contribution in [2.75, 3.05) is 25.2 Å². The molecule has 0 saturated heterocycles. The molecule has 0 saturated carbocycles. The van der Waals surface area contributed by atoms with Gasteiger partial charge in [0.25, 0.3) is 0 Å². The second-order valence-electron chi connectivity index (χ2n) is 8.49. The molecule has 10 heteroatoms. The lowest BCUT2D eigenvalue weighted by molar-refractivity contribution is -0.113. The molecule has 0 aliphatic heterocycles. The number of hydrogen-bond acceptors (Lipinski definition) is 7. The topological polar surface area (TPSA) is 107 Å². The highest BCUT2D eigenvalue weighted by Gasteiger charge is 2.26. The highest BCUT2D eigenvalue weighted by Crippen LogP contribution is 2.49. The van der Waals surface area contributed by atoms with Crippen LogP contribution in [0, 0.1) is 11.3 Å². The van der Waals surface area contributed by atoms with Crippen LogP contribution in [0.4, 0.5) is 5.69 Å². The summed E-state index contributed by atoms with van der Waals surface area (Å²) >= 11 is 0. The molecular weight excluding hydrogens is 515 g/mol.